The molecule has 1 aromatic carbocycles. The van der Waals surface area contributed by atoms with Gasteiger partial charge in [0.25, 0.3) is 10.0 Å². The molecule has 0 spiro atoms. The molecular weight excluding hydrogens is 366 g/mol. The number of carbonyl (C=O) groups is 1. The van der Waals surface area contributed by atoms with Crippen molar-refractivity contribution in [1.29, 1.82) is 0 Å². The fraction of sp³-hybridized carbons (Fsp3) is 0.167. The number of hydrazine groups is 1. The van der Waals surface area contributed by atoms with E-state index >= 15 is 0 Å². The Morgan fingerprint density at radius 2 is 2.05 bits per heavy atom. The lowest BCUT2D eigenvalue weighted by Crippen LogP contribution is -2.42. The smallest absolute Gasteiger partial charge is 0.257 e. The second-order valence-corrected chi connectivity index (χ2v) is 8.35. The van der Waals surface area contributed by atoms with Gasteiger partial charge in [0.15, 0.2) is 4.34 Å². The van der Waals surface area contributed by atoms with Crippen molar-refractivity contribution in [3.8, 4) is 0 Å². The molecule has 118 valence electrons. The molecule has 0 bridgehead atoms. The molecule has 0 saturated heterocycles. The highest BCUT2D eigenvalue weighted by molar-refractivity contribution is 8.01. The van der Waals surface area contributed by atoms with Gasteiger partial charge in [-0.1, -0.05) is 23.4 Å². The lowest BCUT2D eigenvalue weighted by atomic mass is 10.4. The van der Waals surface area contributed by atoms with Crippen LogP contribution in [0.4, 0.5) is 0 Å². The Hall–Kier alpha value is -1.13. The maximum atomic E-state index is 11.9. The Morgan fingerprint density at radius 3 is 2.64 bits per heavy atom. The van der Waals surface area contributed by atoms with Crippen LogP contribution in [0.15, 0.2) is 38.9 Å². The van der Waals surface area contributed by atoms with E-state index in [2.05, 4.69) is 10.4 Å². The molecule has 2 aromatic rings. The summed E-state index contributed by atoms with van der Waals surface area (Å²) in [6.45, 7) is 1.86. The summed E-state index contributed by atoms with van der Waals surface area (Å²) in [5.41, 5.74) is 3.04. The molecule has 0 radical (unpaired) electrons. The number of thioether (sulfide) groups is 1. The van der Waals surface area contributed by atoms with Crippen molar-refractivity contribution in [3.63, 3.8) is 0 Å². The van der Waals surface area contributed by atoms with Gasteiger partial charge in [-0.25, -0.2) is 13.4 Å². The minimum atomic E-state index is -3.81. The first-order valence-corrected chi connectivity index (χ1v) is 9.70. The Bertz CT molecular complexity index is 759. The first-order valence-electron chi connectivity index (χ1n) is 5.98. The number of nitrogens with one attached hydrogen (secondary N) is 2. The summed E-state index contributed by atoms with van der Waals surface area (Å²) in [5, 5.41) is 2.31. The number of aromatic nitrogens is 1. The molecule has 0 aliphatic rings. The van der Waals surface area contributed by atoms with Crippen LogP contribution in [0, 0.1) is 6.92 Å². The molecule has 1 heterocycles. The number of benzene rings is 1. The average molecular weight is 378 g/mol. The van der Waals surface area contributed by atoms with E-state index in [1.54, 1.807) is 0 Å². The van der Waals surface area contributed by atoms with Crippen LogP contribution in [0.2, 0.25) is 5.02 Å². The first-order chi connectivity index (χ1) is 10.4. The van der Waals surface area contributed by atoms with Gasteiger partial charge in [-0.3, -0.25) is 10.2 Å². The maximum Gasteiger partial charge on any atom is 0.257 e. The molecule has 0 saturated carbocycles. The zero-order valence-corrected chi connectivity index (χ0v) is 14.6. The monoisotopic (exact) mass is 377 g/mol. The summed E-state index contributed by atoms with van der Waals surface area (Å²) in [6.07, 6.45) is 0. The number of hydrogen-bond acceptors (Lipinski definition) is 6. The van der Waals surface area contributed by atoms with Gasteiger partial charge in [0.2, 0.25) is 5.91 Å². The molecule has 0 aliphatic carbocycles. The van der Waals surface area contributed by atoms with Gasteiger partial charge in [0, 0.05) is 16.1 Å². The average Bonchev–Trinajstić information content (AvgIpc) is 2.89. The summed E-state index contributed by atoms with van der Waals surface area (Å²) < 4.78 is 24.6. The third-order valence-corrected chi connectivity index (χ3v) is 6.03. The number of halogens is 1. The van der Waals surface area contributed by atoms with Gasteiger partial charge in [-0.15, -0.1) is 16.2 Å². The lowest BCUT2D eigenvalue weighted by molar-refractivity contribution is -0.119. The molecule has 10 heteroatoms. The second-order valence-electron chi connectivity index (χ2n) is 4.15. The van der Waals surface area contributed by atoms with Crippen LogP contribution in [-0.4, -0.2) is 25.1 Å². The fourth-order valence-corrected chi connectivity index (χ4v) is 3.99. The van der Waals surface area contributed by atoms with E-state index in [4.69, 9.17) is 11.6 Å². The van der Waals surface area contributed by atoms with Crippen LogP contribution in [0.1, 0.15) is 5.69 Å². The summed E-state index contributed by atoms with van der Waals surface area (Å²) in [4.78, 5) is 17.9. The number of thiazole rings is 1. The number of carbonyl (C=O) groups excluding carboxylic acids is 1. The molecule has 1 amide bonds. The highest BCUT2D eigenvalue weighted by Gasteiger charge is 2.15. The number of rotatable bonds is 6. The normalized spacial score (nSPS) is 11.4. The summed E-state index contributed by atoms with van der Waals surface area (Å²) in [5.74, 6) is -0.397. The quantitative estimate of drug-likeness (QED) is 0.595. The molecular formula is C12H12ClN3O3S3. The first kappa shape index (κ1) is 17.2. The Labute approximate surface area is 141 Å². The Kier molecular flexibility index (Phi) is 5.81. The van der Waals surface area contributed by atoms with E-state index < -0.39 is 15.9 Å². The van der Waals surface area contributed by atoms with Crippen molar-refractivity contribution in [2.24, 2.45) is 0 Å². The predicted octanol–water partition coefficient (Wildman–Crippen LogP) is 2.21. The lowest BCUT2D eigenvalue weighted by Gasteiger charge is -2.08. The largest absolute Gasteiger partial charge is 0.277 e. The van der Waals surface area contributed by atoms with Crippen molar-refractivity contribution in [3.05, 3.63) is 40.4 Å². The van der Waals surface area contributed by atoms with E-state index in [0.717, 1.165) is 10.0 Å². The molecule has 2 N–H and O–H groups in total. The number of sulfonamides is 1. The van der Waals surface area contributed by atoms with Crippen molar-refractivity contribution >= 4 is 50.6 Å². The van der Waals surface area contributed by atoms with Gasteiger partial charge in [-0.05, 0) is 31.2 Å². The second kappa shape index (κ2) is 7.42. The Morgan fingerprint density at radius 1 is 1.36 bits per heavy atom. The van der Waals surface area contributed by atoms with Crippen LogP contribution < -0.4 is 10.3 Å². The zero-order valence-electron chi connectivity index (χ0n) is 11.4. The van der Waals surface area contributed by atoms with Crippen LogP contribution in [0.3, 0.4) is 0 Å². The topological polar surface area (TPSA) is 88.2 Å². The summed E-state index contributed by atoms with van der Waals surface area (Å²) >= 11 is 8.37. The van der Waals surface area contributed by atoms with Gasteiger partial charge in [0.1, 0.15) is 0 Å². The van der Waals surface area contributed by atoms with Gasteiger partial charge < -0.3 is 0 Å². The standard InChI is InChI=1S/C12H12ClN3O3S3/c1-8-6-20-12(14-8)21-7-11(17)15-16-22(18,19)10-4-2-9(13)3-5-10/h2-6,16H,7H2,1H3,(H,15,17). The van der Waals surface area contributed by atoms with Gasteiger partial charge >= 0.3 is 0 Å². The molecule has 0 unspecified atom stereocenters. The van der Waals surface area contributed by atoms with Gasteiger partial charge in [-0.2, -0.15) is 0 Å². The summed E-state index contributed by atoms with van der Waals surface area (Å²) in [6, 6.07) is 5.62. The molecule has 22 heavy (non-hydrogen) atoms. The van der Waals surface area contributed by atoms with E-state index in [0.29, 0.717) is 5.02 Å². The van der Waals surface area contributed by atoms with E-state index in [1.165, 1.54) is 47.4 Å². The van der Waals surface area contributed by atoms with Crippen LogP contribution in [0.5, 0.6) is 0 Å². The van der Waals surface area contributed by atoms with E-state index in [9.17, 15) is 13.2 Å². The van der Waals surface area contributed by atoms with Crippen molar-refractivity contribution in [1.82, 2.24) is 15.2 Å². The van der Waals surface area contributed by atoms with Crippen LogP contribution in [-0.2, 0) is 14.8 Å². The van der Waals surface area contributed by atoms with Crippen LogP contribution in [0.25, 0.3) is 0 Å². The molecule has 1 aromatic heterocycles. The van der Waals surface area contributed by atoms with Crippen molar-refractivity contribution < 1.29 is 13.2 Å². The number of hydrogen-bond donors (Lipinski definition) is 2. The molecule has 0 fully saturated rings. The fourth-order valence-electron chi connectivity index (χ4n) is 1.36. The molecule has 2 rings (SSSR count). The third kappa shape index (κ3) is 4.96. The maximum absolute atomic E-state index is 11.9. The minimum Gasteiger partial charge on any atom is -0.277 e. The van der Waals surface area contributed by atoms with E-state index in [-0.39, 0.29) is 10.6 Å². The number of aryl methyl sites for hydroxylation is 1. The van der Waals surface area contributed by atoms with Crippen molar-refractivity contribution in [2.45, 2.75) is 16.2 Å². The highest BCUT2D eigenvalue weighted by Crippen LogP contribution is 2.21. The zero-order chi connectivity index (χ0) is 16.2. The predicted molar refractivity (Wildman–Crippen MR) is 87.5 cm³/mol. The van der Waals surface area contributed by atoms with Crippen LogP contribution >= 0.6 is 34.7 Å². The highest BCUT2D eigenvalue weighted by atomic mass is 35.5. The number of nitrogens with zero attached hydrogens (tertiary/aromatic N) is 1. The minimum absolute atomic E-state index is 0.0143. The third-order valence-electron chi connectivity index (χ3n) is 2.37. The molecule has 0 aliphatic heterocycles. The summed E-state index contributed by atoms with van der Waals surface area (Å²) in [7, 11) is -3.81. The number of amides is 1. The molecule has 6 nitrogen and oxygen atoms in total. The Balaban J connectivity index is 1.86. The van der Waals surface area contributed by atoms with Gasteiger partial charge in [0.05, 0.1) is 10.6 Å². The molecule has 0 atom stereocenters. The van der Waals surface area contributed by atoms with Crippen molar-refractivity contribution in [2.75, 3.05) is 5.75 Å². The SMILES string of the molecule is Cc1csc(SCC(=O)NNS(=O)(=O)c2ccc(Cl)cc2)n1. The van der Waals surface area contributed by atoms with E-state index in [1.807, 2.05) is 17.1 Å².